The van der Waals surface area contributed by atoms with Crippen molar-refractivity contribution in [2.45, 2.75) is 27.2 Å². The van der Waals surface area contributed by atoms with E-state index in [1.54, 1.807) is 7.11 Å². The Morgan fingerprint density at radius 1 is 1.25 bits per heavy atom. The Balaban J connectivity index is 3.49. The highest BCUT2D eigenvalue weighted by Gasteiger charge is 2.12. The summed E-state index contributed by atoms with van der Waals surface area (Å²) in [6.45, 7) is 9.03. The third-order valence-electron chi connectivity index (χ3n) is 2.16. The van der Waals surface area contributed by atoms with E-state index in [2.05, 4.69) is 13.8 Å². The van der Waals surface area contributed by atoms with Crippen LogP contribution < -0.4 is 0 Å². The maximum Gasteiger partial charge on any atom is 0.0493 e. The predicted octanol–water partition coefficient (Wildman–Crippen LogP) is 2.33. The van der Waals surface area contributed by atoms with Crippen LogP contribution in [0, 0.1) is 11.8 Å². The van der Waals surface area contributed by atoms with Gasteiger partial charge in [-0.15, -0.1) is 0 Å². The van der Waals surface area contributed by atoms with E-state index in [0.29, 0.717) is 11.8 Å². The van der Waals surface area contributed by atoms with Crippen LogP contribution in [0.3, 0.4) is 0 Å². The van der Waals surface area contributed by atoms with Crippen molar-refractivity contribution in [1.29, 1.82) is 0 Å². The number of ether oxygens (including phenoxy) is 2. The molecule has 0 aromatic rings. The zero-order valence-electron chi connectivity index (χ0n) is 8.80. The van der Waals surface area contributed by atoms with Crippen LogP contribution in [0.2, 0.25) is 0 Å². The van der Waals surface area contributed by atoms with Crippen molar-refractivity contribution in [1.82, 2.24) is 0 Å². The molecular formula is C10H22O2. The van der Waals surface area contributed by atoms with Crippen LogP contribution in [0.1, 0.15) is 27.2 Å². The first-order chi connectivity index (χ1) is 5.72. The lowest BCUT2D eigenvalue weighted by atomic mass is 9.94. The molecule has 2 heteroatoms. The average Bonchev–Trinajstić information content (AvgIpc) is 2.03. The van der Waals surface area contributed by atoms with Gasteiger partial charge in [0.1, 0.15) is 0 Å². The van der Waals surface area contributed by atoms with E-state index < -0.39 is 0 Å². The molecule has 0 bridgehead atoms. The lowest BCUT2D eigenvalue weighted by Gasteiger charge is -2.19. The molecule has 0 aliphatic rings. The highest BCUT2D eigenvalue weighted by molar-refractivity contribution is 4.61. The molecule has 2 nitrogen and oxygen atoms in total. The maximum absolute atomic E-state index is 5.30. The summed E-state index contributed by atoms with van der Waals surface area (Å²) in [6.07, 6.45) is 1.11. The van der Waals surface area contributed by atoms with Crippen molar-refractivity contribution in [3.63, 3.8) is 0 Å². The lowest BCUT2D eigenvalue weighted by molar-refractivity contribution is 0.0823. The third kappa shape index (κ3) is 5.56. The Morgan fingerprint density at radius 3 is 2.33 bits per heavy atom. The first-order valence-electron chi connectivity index (χ1n) is 4.79. The van der Waals surface area contributed by atoms with Crippen LogP contribution in [-0.2, 0) is 9.47 Å². The zero-order chi connectivity index (χ0) is 9.40. The highest BCUT2D eigenvalue weighted by atomic mass is 16.5. The zero-order valence-corrected chi connectivity index (χ0v) is 8.80. The van der Waals surface area contributed by atoms with Gasteiger partial charge in [0.05, 0.1) is 0 Å². The molecule has 12 heavy (non-hydrogen) atoms. The average molecular weight is 174 g/mol. The maximum atomic E-state index is 5.30. The Labute approximate surface area is 76.3 Å². The van der Waals surface area contributed by atoms with Gasteiger partial charge in [-0.25, -0.2) is 0 Å². The molecule has 0 rings (SSSR count). The molecule has 0 aliphatic heterocycles. The highest BCUT2D eigenvalue weighted by Crippen LogP contribution is 2.15. The quantitative estimate of drug-likeness (QED) is 0.551. The van der Waals surface area contributed by atoms with Gasteiger partial charge in [0.15, 0.2) is 0 Å². The molecule has 0 saturated heterocycles. The fraction of sp³-hybridized carbons (Fsp3) is 1.00. The monoisotopic (exact) mass is 174 g/mol. The predicted molar refractivity (Wildman–Crippen MR) is 51.3 cm³/mol. The molecule has 0 aliphatic carbocycles. The molecule has 0 saturated carbocycles. The Hall–Kier alpha value is -0.0800. The minimum absolute atomic E-state index is 0.640. The van der Waals surface area contributed by atoms with Gasteiger partial charge in [-0.05, 0) is 25.2 Å². The minimum atomic E-state index is 0.640. The van der Waals surface area contributed by atoms with Crippen molar-refractivity contribution in [3.05, 3.63) is 0 Å². The summed E-state index contributed by atoms with van der Waals surface area (Å²) in [7, 11) is 1.76. The van der Waals surface area contributed by atoms with Crippen molar-refractivity contribution < 1.29 is 9.47 Å². The summed E-state index contributed by atoms with van der Waals surface area (Å²) in [5.74, 6) is 1.33. The molecule has 0 aromatic heterocycles. The molecule has 0 fully saturated rings. The summed E-state index contributed by atoms with van der Waals surface area (Å²) in [6, 6.07) is 0. The SMILES string of the molecule is CCOCCC(COC)C(C)C. The van der Waals surface area contributed by atoms with Gasteiger partial charge < -0.3 is 9.47 Å². The van der Waals surface area contributed by atoms with Crippen LogP contribution in [-0.4, -0.2) is 26.9 Å². The van der Waals surface area contributed by atoms with Crippen LogP contribution in [0.15, 0.2) is 0 Å². The van der Waals surface area contributed by atoms with E-state index in [1.807, 2.05) is 6.92 Å². The van der Waals surface area contributed by atoms with E-state index in [1.165, 1.54) is 0 Å². The van der Waals surface area contributed by atoms with Crippen molar-refractivity contribution >= 4 is 0 Å². The lowest BCUT2D eigenvalue weighted by Crippen LogP contribution is -2.17. The normalized spacial score (nSPS) is 13.8. The van der Waals surface area contributed by atoms with E-state index in [-0.39, 0.29) is 0 Å². The van der Waals surface area contributed by atoms with Gasteiger partial charge in [-0.2, -0.15) is 0 Å². The molecule has 1 unspecified atom stereocenters. The summed E-state index contributed by atoms with van der Waals surface area (Å²) in [5.41, 5.74) is 0. The second-order valence-corrected chi connectivity index (χ2v) is 3.45. The molecule has 0 spiro atoms. The van der Waals surface area contributed by atoms with Gasteiger partial charge in [0.25, 0.3) is 0 Å². The van der Waals surface area contributed by atoms with Gasteiger partial charge in [0.2, 0.25) is 0 Å². The van der Waals surface area contributed by atoms with Gasteiger partial charge in [0, 0.05) is 26.9 Å². The smallest absolute Gasteiger partial charge is 0.0493 e. The Kier molecular flexibility index (Phi) is 7.51. The molecule has 0 radical (unpaired) electrons. The largest absolute Gasteiger partial charge is 0.384 e. The molecule has 0 N–H and O–H groups in total. The summed E-state index contributed by atoms with van der Waals surface area (Å²) in [4.78, 5) is 0. The number of rotatable bonds is 7. The first kappa shape index (κ1) is 11.9. The fourth-order valence-electron chi connectivity index (χ4n) is 1.20. The first-order valence-corrected chi connectivity index (χ1v) is 4.79. The van der Waals surface area contributed by atoms with E-state index in [0.717, 1.165) is 26.2 Å². The number of hydrogen-bond donors (Lipinski definition) is 0. The van der Waals surface area contributed by atoms with Crippen LogP contribution in [0.25, 0.3) is 0 Å². The Morgan fingerprint density at radius 2 is 1.92 bits per heavy atom. The van der Waals surface area contributed by atoms with E-state index >= 15 is 0 Å². The van der Waals surface area contributed by atoms with Gasteiger partial charge in [-0.3, -0.25) is 0 Å². The molecule has 0 aromatic carbocycles. The molecular weight excluding hydrogens is 152 g/mol. The standard InChI is InChI=1S/C10H22O2/c1-5-12-7-6-10(8-11-4)9(2)3/h9-10H,5-8H2,1-4H3. The Bertz CT molecular complexity index is 91.8. The number of methoxy groups -OCH3 is 1. The fourth-order valence-corrected chi connectivity index (χ4v) is 1.20. The van der Waals surface area contributed by atoms with E-state index in [9.17, 15) is 0 Å². The summed E-state index contributed by atoms with van der Waals surface area (Å²) >= 11 is 0. The molecule has 0 amide bonds. The van der Waals surface area contributed by atoms with Crippen molar-refractivity contribution in [2.24, 2.45) is 11.8 Å². The van der Waals surface area contributed by atoms with Crippen LogP contribution in [0.4, 0.5) is 0 Å². The van der Waals surface area contributed by atoms with Crippen LogP contribution >= 0.6 is 0 Å². The van der Waals surface area contributed by atoms with Gasteiger partial charge in [-0.1, -0.05) is 13.8 Å². The summed E-state index contributed by atoms with van der Waals surface area (Å²) in [5, 5.41) is 0. The third-order valence-corrected chi connectivity index (χ3v) is 2.16. The van der Waals surface area contributed by atoms with Crippen molar-refractivity contribution in [3.8, 4) is 0 Å². The van der Waals surface area contributed by atoms with E-state index in [4.69, 9.17) is 9.47 Å². The molecule has 74 valence electrons. The topological polar surface area (TPSA) is 18.5 Å². The van der Waals surface area contributed by atoms with Gasteiger partial charge >= 0.3 is 0 Å². The summed E-state index contributed by atoms with van der Waals surface area (Å²) < 4.78 is 10.4. The van der Waals surface area contributed by atoms with Crippen LogP contribution in [0.5, 0.6) is 0 Å². The second kappa shape index (κ2) is 7.56. The molecule has 1 atom stereocenters. The molecule has 0 heterocycles. The minimum Gasteiger partial charge on any atom is -0.384 e. The van der Waals surface area contributed by atoms with Crippen molar-refractivity contribution in [2.75, 3.05) is 26.9 Å². The number of hydrogen-bond acceptors (Lipinski definition) is 2. The second-order valence-electron chi connectivity index (χ2n) is 3.45.